The minimum absolute atomic E-state index is 0.153. The van der Waals surface area contributed by atoms with Gasteiger partial charge in [-0.1, -0.05) is 12.8 Å². The van der Waals surface area contributed by atoms with E-state index in [2.05, 4.69) is 0 Å². The molecule has 1 fully saturated rings. The first-order valence-corrected chi connectivity index (χ1v) is 6.87. The normalized spacial score (nSPS) is 24.5. The molecule has 0 aromatic carbocycles. The molecule has 2 N–H and O–H groups in total. The first-order chi connectivity index (χ1) is 8.15. The van der Waals surface area contributed by atoms with E-state index in [1.165, 1.54) is 12.8 Å². The first-order valence-electron chi connectivity index (χ1n) is 6.87. The number of hydrogen-bond acceptors (Lipinski definition) is 2. The number of carbonyl (C=O) groups excluding carboxylic acids is 1. The van der Waals surface area contributed by atoms with Crippen LogP contribution in [0.5, 0.6) is 0 Å². The van der Waals surface area contributed by atoms with Crippen molar-refractivity contribution >= 4 is 6.03 Å². The van der Waals surface area contributed by atoms with Crippen LogP contribution in [-0.2, 0) is 0 Å². The fourth-order valence-electron chi connectivity index (χ4n) is 2.83. The van der Waals surface area contributed by atoms with Gasteiger partial charge in [-0.25, -0.2) is 4.79 Å². The van der Waals surface area contributed by atoms with Crippen molar-refractivity contribution in [1.29, 1.82) is 0 Å². The van der Waals surface area contributed by atoms with Crippen molar-refractivity contribution in [2.45, 2.75) is 45.6 Å². The van der Waals surface area contributed by atoms with Gasteiger partial charge in [-0.15, -0.1) is 0 Å². The summed E-state index contributed by atoms with van der Waals surface area (Å²) in [6.07, 6.45) is 4.74. The average Bonchev–Trinajstić information content (AvgIpc) is 2.39. The van der Waals surface area contributed by atoms with Crippen molar-refractivity contribution in [1.82, 2.24) is 9.80 Å². The number of rotatable bonds is 4. The Hall–Kier alpha value is -0.770. The molecule has 0 aromatic heterocycles. The van der Waals surface area contributed by atoms with Crippen molar-refractivity contribution in [3.8, 4) is 0 Å². The molecule has 0 spiro atoms. The van der Waals surface area contributed by atoms with Gasteiger partial charge in [-0.3, -0.25) is 0 Å². The number of nitrogens with zero attached hydrogens (tertiary/aromatic N) is 2. The van der Waals surface area contributed by atoms with Crippen molar-refractivity contribution in [2.24, 2.45) is 11.7 Å². The topological polar surface area (TPSA) is 49.6 Å². The molecule has 1 saturated carbocycles. The predicted molar refractivity (Wildman–Crippen MR) is 70.9 cm³/mol. The number of amides is 2. The average molecular weight is 241 g/mol. The molecule has 2 atom stereocenters. The Kier molecular flexibility index (Phi) is 5.75. The Bertz CT molecular complexity index is 241. The van der Waals surface area contributed by atoms with Crippen molar-refractivity contribution in [3.63, 3.8) is 0 Å². The zero-order chi connectivity index (χ0) is 12.8. The molecule has 0 aliphatic heterocycles. The van der Waals surface area contributed by atoms with E-state index in [-0.39, 0.29) is 6.03 Å². The van der Waals surface area contributed by atoms with E-state index in [0.29, 0.717) is 18.5 Å². The molecular formula is C13H27N3O. The van der Waals surface area contributed by atoms with E-state index in [4.69, 9.17) is 5.73 Å². The Labute approximate surface area is 105 Å². The Balaban J connectivity index is 2.66. The Morgan fingerprint density at radius 2 is 1.82 bits per heavy atom. The van der Waals surface area contributed by atoms with Gasteiger partial charge in [0.2, 0.25) is 0 Å². The molecule has 1 rings (SSSR count). The smallest absolute Gasteiger partial charge is 0.319 e. The number of carbonyl (C=O) groups is 1. The molecule has 1 aliphatic carbocycles. The van der Waals surface area contributed by atoms with E-state index in [9.17, 15) is 4.79 Å². The summed E-state index contributed by atoms with van der Waals surface area (Å²) >= 11 is 0. The van der Waals surface area contributed by atoms with Crippen molar-refractivity contribution in [3.05, 3.63) is 0 Å². The van der Waals surface area contributed by atoms with Crippen LogP contribution in [0.15, 0.2) is 0 Å². The highest BCUT2D eigenvalue weighted by atomic mass is 16.2. The molecule has 4 nitrogen and oxygen atoms in total. The van der Waals surface area contributed by atoms with Gasteiger partial charge in [0, 0.05) is 26.2 Å². The minimum Gasteiger partial charge on any atom is -0.330 e. The predicted octanol–water partition coefficient (Wildman–Crippen LogP) is 1.90. The van der Waals surface area contributed by atoms with Gasteiger partial charge in [0.25, 0.3) is 0 Å². The molecule has 0 aromatic rings. The largest absolute Gasteiger partial charge is 0.330 e. The Morgan fingerprint density at radius 3 is 2.35 bits per heavy atom. The lowest BCUT2D eigenvalue weighted by molar-refractivity contribution is 0.114. The number of hydrogen-bond donors (Lipinski definition) is 1. The molecule has 1 aliphatic rings. The zero-order valence-corrected chi connectivity index (χ0v) is 11.5. The van der Waals surface area contributed by atoms with Crippen LogP contribution in [0.25, 0.3) is 0 Å². The second-order valence-corrected chi connectivity index (χ2v) is 4.91. The van der Waals surface area contributed by atoms with Gasteiger partial charge in [-0.05, 0) is 39.2 Å². The second kappa shape index (κ2) is 6.84. The third kappa shape index (κ3) is 3.35. The molecule has 0 saturated heterocycles. The SMILES string of the molecule is CCN(CC)C(=O)N(C)C1CCCCC1CN. The fourth-order valence-corrected chi connectivity index (χ4v) is 2.83. The molecule has 2 unspecified atom stereocenters. The summed E-state index contributed by atoms with van der Waals surface area (Å²) in [7, 11) is 1.93. The summed E-state index contributed by atoms with van der Waals surface area (Å²) in [5.41, 5.74) is 5.82. The van der Waals surface area contributed by atoms with Crippen LogP contribution >= 0.6 is 0 Å². The maximum absolute atomic E-state index is 12.3. The molecular weight excluding hydrogens is 214 g/mol. The van der Waals surface area contributed by atoms with Crippen LogP contribution in [0.4, 0.5) is 4.79 Å². The molecule has 0 radical (unpaired) electrons. The first kappa shape index (κ1) is 14.3. The highest BCUT2D eigenvalue weighted by Gasteiger charge is 2.31. The van der Waals surface area contributed by atoms with E-state index in [1.54, 1.807) is 0 Å². The molecule has 2 amide bonds. The second-order valence-electron chi connectivity index (χ2n) is 4.91. The van der Waals surface area contributed by atoms with Gasteiger partial charge >= 0.3 is 6.03 Å². The van der Waals surface area contributed by atoms with Crippen LogP contribution in [-0.4, -0.2) is 48.6 Å². The lowest BCUT2D eigenvalue weighted by Crippen LogP contribution is -2.50. The highest BCUT2D eigenvalue weighted by Crippen LogP contribution is 2.27. The quantitative estimate of drug-likeness (QED) is 0.817. The molecule has 17 heavy (non-hydrogen) atoms. The monoisotopic (exact) mass is 241 g/mol. The minimum atomic E-state index is 0.153. The summed E-state index contributed by atoms with van der Waals surface area (Å²) in [5.74, 6) is 0.480. The lowest BCUT2D eigenvalue weighted by atomic mass is 9.84. The van der Waals surface area contributed by atoms with Crippen LogP contribution in [0.1, 0.15) is 39.5 Å². The van der Waals surface area contributed by atoms with Gasteiger partial charge in [0.15, 0.2) is 0 Å². The highest BCUT2D eigenvalue weighted by molar-refractivity contribution is 5.74. The third-order valence-electron chi connectivity index (χ3n) is 4.00. The van der Waals surface area contributed by atoms with Crippen LogP contribution < -0.4 is 5.73 Å². The van der Waals surface area contributed by atoms with Gasteiger partial charge in [0.1, 0.15) is 0 Å². The van der Waals surface area contributed by atoms with Crippen molar-refractivity contribution < 1.29 is 4.79 Å². The van der Waals surface area contributed by atoms with E-state index in [1.807, 2.05) is 30.7 Å². The molecule has 0 heterocycles. The standard InChI is InChI=1S/C13H27N3O/c1-4-16(5-2)13(17)15(3)12-9-7-6-8-11(12)10-14/h11-12H,4-10,14H2,1-3H3. The maximum atomic E-state index is 12.3. The summed E-state index contributed by atoms with van der Waals surface area (Å²) in [4.78, 5) is 16.1. The van der Waals surface area contributed by atoms with E-state index >= 15 is 0 Å². The van der Waals surface area contributed by atoms with E-state index < -0.39 is 0 Å². The summed E-state index contributed by atoms with van der Waals surface area (Å²) in [5, 5.41) is 0. The number of urea groups is 1. The van der Waals surface area contributed by atoms with Crippen LogP contribution in [0.2, 0.25) is 0 Å². The van der Waals surface area contributed by atoms with E-state index in [0.717, 1.165) is 25.9 Å². The van der Waals surface area contributed by atoms with Crippen LogP contribution in [0.3, 0.4) is 0 Å². The molecule has 100 valence electrons. The van der Waals surface area contributed by atoms with Gasteiger partial charge < -0.3 is 15.5 Å². The summed E-state index contributed by atoms with van der Waals surface area (Å²) in [6.45, 7) is 6.30. The summed E-state index contributed by atoms with van der Waals surface area (Å²) < 4.78 is 0. The third-order valence-corrected chi connectivity index (χ3v) is 4.00. The maximum Gasteiger partial charge on any atom is 0.319 e. The summed E-state index contributed by atoms with van der Waals surface area (Å²) in [6, 6.07) is 0.488. The Morgan fingerprint density at radius 1 is 1.24 bits per heavy atom. The van der Waals surface area contributed by atoms with Gasteiger partial charge in [0.05, 0.1) is 0 Å². The van der Waals surface area contributed by atoms with Crippen molar-refractivity contribution in [2.75, 3.05) is 26.7 Å². The zero-order valence-electron chi connectivity index (χ0n) is 11.5. The van der Waals surface area contributed by atoms with Crippen LogP contribution in [0, 0.1) is 5.92 Å². The lowest BCUT2D eigenvalue weighted by Gasteiger charge is -2.39. The number of nitrogens with two attached hydrogens (primary N) is 1. The van der Waals surface area contributed by atoms with Gasteiger partial charge in [-0.2, -0.15) is 0 Å². The molecule has 4 heteroatoms. The molecule has 0 bridgehead atoms. The fraction of sp³-hybridized carbons (Fsp3) is 0.923.